The third-order valence-corrected chi connectivity index (χ3v) is 5.38. The molecule has 9 nitrogen and oxygen atoms in total. The van der Waals surface area contributed by atoms with E-state index in [1.807, 2.05) is 0 Å². The summed E-state index contributed by atoms with van der Waals surface area (Å²) in [6.45, 7) is -0.237. The zero-order chi connectivity index (χ0) is 25.7. The van der Waals surface area contributed by atoms with Crippen LogP contribution >= 0.6 is 0 Å². The van der Waals surface area contributed by atoms with Crippen LogP contribution < -0.4 is 33.7 Å². The summed E-state index contributed by atoms with van der Waals surface area (Å²) in [7, 11) is 6.07. The van der Waals surface area contributed by atoms with E-state index in [9.17, 15) is 9.59 Å². The molecule has 0 saturated carbocycles. The number of para-hydroxylation sites is 2. The fraction of sp³-hybridized carbons (Fsp3) is 0.185. The summed E-state index contributed by atoms with van der Waals surface area (Å²) in [6.07, 6.45) is 1.59. The van der Waals surface area contributed by atoms with Crippen molar-refractivity contribution in [2.24, 2.45) is 0 Å². The molecule has 1 heterocycles. The Balaban J connectivity index is 1.47. The molecule has 0 fully saturated rings. The number of anilines is 1. The highest BCUT2D eigenvalue weighted by molar-refractivity contribution is 6.14. The Morgan fingerprint density at radius 2 is 1.58 bits per heavy atom. The van der Waals surface area contributed by atoms with E-state index in [1.54, 1.807) is 60.7 Å². The van der Waals surface area contributed by atoms with Gasteiger partial charge in [0, 0.05) is 6.07 Å². The van der Waals surface area contributed by atoms with E-state index in [0.717, 1.165) is 0 Å². The molecule has 1 amide bonds. The minimum Gasteiger partial charge on any atom is -0.495 e. The summed E-state index contributed by atoms with van der Waals surface area (Å²) in [5, 5.41) is 2.74. The summed E-state index contributed by atoms with van der Waals surface area (Å²) in [6, 6.07) is 15.3. The van der Waals surface area contributed by atoms with Gasteiger partial charge in [-0.1, -0.05) is 12.1 Å². The van der Waals surface area contributed by atoms with Crippen LogP contribution in [0.4, 0.5) is 5.69 Å². The molecule has 0 bridgehead atoms. The summed E-state index contributed by atoms with van der Waals surface area (Å²) in [5.41, 5.74) is 1.56. The number of Topliss-reactive ketones (excluding diaryl/α,β-unsaturated/α-hetero) is 1. The molecule has 186 valence electrons. The van der Waals surface area contributed by atoms with E-state index >= 15 is 0 Å². The highest BCUT2D eigenvalue weighted by Gasteiger charge is 2.28. The Morgan fingerprint density at radius 3 is 2.25 bits per heavy atom. The van der Waals surface area contributed by atoms with Crippen LogP contribution in [0.25, 0.3) is 6.08 Å². The minimum absolute atomic E-state index is 0.130. The number of nitrogens with one attached hydrogen (secondary N) is 1. The van der Waals surface area contributed by atoms with Gasteiger partial charge in [-0.2, -0.15) is 0 Å². The number of allylic oxidation sites excluding steroid dienone is 1. The first kappa shape index (κ1) is 24.5. The molecular formula is C27H25NO8. The fourth-order valence-corrected chi connectivity index (χ4v) is 3.68. The normalized spacial score (nSPS) is 13.0. The highest BCUT2D eigenvalue weighted by atomic mass is 16.5. The van der Waals surface area contributed by atoms with Gasteiger partial charge in [0.1, 0.15) is 17.2 Å². The van der Waals surface area contributed by atoms with E-state index in [0.29, 0.717) is 51.3 Å². The van der Waals surface area contributed by atoms with Crippen LogP contribution in [-0.4, -0.2) is 46.7 Å². The number of fused-ring (bicyclic) bond motifs is 1. The molecule has 0 saturated heterocycles. The SMILES string of the molecule is COc1ccccc1NC(=O)COc1ccc2c(c1)OC(=Cc1cc(OC)c(OC)c(OC)c1)C2=O. The van der Waals surface area contributed by atoms with Crippen LogP contribution in [0.1, 0.15) is 15.9 Å². The molecule has 1 aliphatic rings. The van der Waals surface area contributed by atoms with Crippen LogP contribution in [0.5, 0.6) is 34.5 Å². The van der Waals surface area contributed by atoms with E-state index in [4.69, 9.17) is 28.4 Å². The molecule has 0 aliphatic carbocycles. The number of carbonyl (C=O) groups is 2. The van der Waals surface area contributed by atoms with Crippen LogP contribution in [0, 0.1) is 0 Å². The lowest BCUT2D eigenvalue weighted by atomic mass is 10.1. The number of ketones is 1. The van der Waals surface area contributed by atoms with Crippen molar-refractivity contribution in [1.29, 1.82) is 0 Å². The maximum Gasteiger partial charge on any atom is 0.262 e. The predicted octanol–water partition coefficient (Wildman–Crippen LogP) is 4.35. The molecule has 0 radical (unpaired) electrons. The van der Waals surface area contributed by atoms with E-state index in [-0.39, 0.29) is 24.1 Å². The van der Waals surface area contributed by atoms with Crippen LogP contribution in [0.15, 0.2) is 60.4 Å². The van der Waals surface area contributed by atoms with Gasteiger partial charge in [-0.3, -0.25) is 9.59 Å². The molecular weight excluding hydrogens is 466 g/mol. The predicted molar refractivity (Wildman–Crippen MR) is 133 cm³/mol. The first-order chi connectivity index (χ1) is 17.5. The first-order valence-corrected chi connectivity index (χ1v) is 10.9. The van der Waals surface area contributed by atoms with Crippen molar-refractivity contribution >= 4 is 23.5 Å². The second-order valence-electron chi connectivity index (χ2n) is 7.59. The van der Waals surface area contributed by atoms with Gasteiger partial charge in [0.05, 0.1) is 39.7 Å². The highest BCUT2D eigenvalue weighted by Crippen LogP contribution is 2.40. The number of rotatable bonds is 9. The quantitative estimate of drug-likeness (QED) is 0.441. The average molecular weight is 491 g/mol. The summed E-state index contributed by atoms with van der Waals surface area (Å²) in [4.78, 5) is 25.2. The van der Waals surface area contributed by atoms with Gasteiger partial charge < -0.3 is 33.7 Å². The Morgan fingerprint density at radius 1 is 0.889 bits per heavy atom. The summed E-state index contributed by atoms with van der Waals surface area (Å²) in [5.74, 6) is 2.10. The number of benzene rings is 3. The van der Waals surface area contributed by atoms with Gasteiger partial charge in [-0.05, 0) is 48.0 Å². The molecule has 9 heteroatoms. The van der Waals surface area contributed by atoms with Crippen LogP contribution in [-0.2, 0) is 4.79 Å². The molecule has 36 heavy (non-hydrogen) atoms. The van der Waals surface area contributed by atoms with Crippen molar-refractivity contribution < 1.29 is 38.0 Å². The van der Waals surface area contributed by atoms with Crippen molar-refractivity contribution in [2.75, 3.05) is 40.4 Å². The van der Waals surface area contributed by atoms with Gasteiger partial charge >= 0.3 is 0 Å². The third kappa shape index (κ3) is 5.05. The first-order valence-electron chi connectivity index (χ1n) is 10.9. The number of carbonyl (C=O) groups excluding carboxylic acids is 2. The lowest BCUT2D eigenvalue weighted by Gasteiger charge is -2.13. The number of hydrogen-bond acceptors (Lipinski definition) is 8. The zero-order valence-electron chi connectivity index (χ0n) is 20.2. The topological polar surface area (TPSA) is 102 Å². The molecule has 3 aromatic rings. The zero-order valence-corrected chi connectivity index (χ0v) is 20.2. The molecule has 0 atom stereocenters. The molecule has 0 aromatic heterocycles. The molecule has 0 spiro atoms. The summed E-state index contributed by atoms with van der Waals surface area (Å²) < 4.78 is 32.7. The van der Waals surface area contributed by atoms with Crippen molar-refractivity contribution in [3.05, 3.63) is 71.5 Å². The molecule has 1 aliphatic heterocycles. The molecule has 3 aromatic carbocycles. The monoisotopic (exact) mass is 491 g/mol. The molecule has 0 unspecified atom stereocenters. The van der Waals surface area contributed by atoms with Crippen molar-refractivity contribution in [3.63, 3.8) is 0 Å². The third-order valence-electron chi connectivity index (χ3n) is 5.38. The molecule has 4 rings (SSSR count). The Labute approximate surface area is 208 Å². The Kier molecular flexibility index (Phi) is 7.29. The smallest absolute Gasteiger partial charge is 0.262 e. The van der Waals surface area contributed by atoms with Crippen LogP contribution in [0.2, 0.25) is 0 Å². The summed E-state index contributed by atoms with van der Waals surface area (Å²) >= 11 is 0. The number of ether oxygens (including phenoxy) is 6. The lowest BCUT2D eigenvalue weighted by Crippen LogP contribution is -2.20. The largest absolute Gasteiger partial charge is 0.495 e. The number of hydrogen-bond donors (Lipinski definition) is 1. The van der Waals surface area contributed by atoms with Gasteiger partial charge in [-0.15, -0.1) is 0 Å². The van der Waals surface area contributed by atoms with E-state index in [1.165, 1.54) is 28.4 Å². The Hall–Kier alpha value is -4.66. The maximum absolute atomic E-state index is 12.9. The minimum atomic E-state index is -0.361. The van der Waals surface area contributed by atoms with Crippen molar-refractivity contribution in [3.8, 4) is 34.5 Å². The van der Waals surface area contributed by atoms with Gasteiger partial charge in [-0.25, -0.2) is 0 Å². The average Bonchev–Trinajstić information content (AvgIpc) is 3.21. The van der Waals surface area contributed by atoms with Gasteiger partial charge in [0.2, 0.25) is 11.5 Å². The van der Waals surface area contributed by atoms with Gasteiger partial charge in [0.25, 0.3) is 5.91 Å². The second-order valence-corrected chi connectivity index (χ2v) is 7.59. The maximum atomic E-state index is 12.9. The molecule has 1 N–H and O–H groups in total. The number of amides is 1. The van der Waals surface area contributed by atoms with E-state index in [2.05, 4.69) is 5.32 Å². The fourth-order valence-electron chi connectivity index (χ4n) is 3.68. The lowest BCUT2D eigenvalue weighted by molar-refractivity contribution is -0.118. The van der Waals surface area contributed by atoms with E-state index < -0.39 is 0 Å². The van der Waals surface area contributed by atoms with Crippen molar-refractivity contribution in [1.82, 2.24) is 0 Å². The Bertz CT molecular complexity index is 1310. The van der Waals surface area contributed by atoms with Crippen LogP contribution in [0.3, 0.4) is 0 Å². The standard InChI is InChI=1S/C27H25NO8/c1-31-20-8-6-5-7-19(20)28-25(29)15-35-17-9-10-18-21(14-17)36-22(26(18)30)11-16-12-23(32-2)27(34-4)24(13-16)33-3/h5-14H,15H2,1-4H3,(H,28,29). The van der Waals surface area contributed by atoms with Gasteiger partial charge in [0.15, 0.2) is 23.9 Å². The number of methoxy groups -OCH3 is 4. The van der Waals surface area contributed by atoms with Crippen molar-refractivity contribution in [2.45, 2.75) is 0 Å². The second kappa shape index (κ2) is 10.7.